The summed E-state index contributed by atoms with van der Waals surface area (Å²) in [6, 6.07) is 19.7. The number of nitrogens with zero attached hydrogens (tertiary/aromatic N) is 2. The Morgan fingerprint density at radius 1 is 0.912 bits per heavy atom. The van der Waals surface area contributed by atoms with E-state index in [2.05, 4.69) is 4.98 Å². The Morgan fingerprint density at radius 3 is 1.94 bits per heavy atom. The molecule has 0 amide bonds. The Kier molecular flexibility index (Phi) is 5.87. The first-order chi connectivity index (χ1) is 16.2. The number of hydrogen-bond acceptors (Lipinski definition) is 7. The molecule has 0 radical (unpaired) electrons. The van der Waals surface area contributed by atoms with Crippen molar-refractivity contribution < 1.29 is 27.9 Å². The summed E-state index contributed by atoms with van der Waals surface area (Å²) in [5, 5.41) is 42.9. The lowest BCUT2D eigenvalue weighted by Gasteiger charge is -2.31. The van der Waals surface area contributed by atoms with Crippen molar-refractivity contribution in [2.24, 2.45) is 0 Å². The molecule has 172 valence electrons. The second-order valence-corrected chi connectivity index (χ2v) is 9.54. The molecule has 0 spiro atoms. The van der Waals surface area contributed by atoms with E-state index < -0.39 is 33.6 Å². The minimum absolute atomic E-state index is 0.0594. The number of rotatable bonds is 6. The van der Waals surface area contributed by atoms with Gasteiger partial charge in [0.15, 0.2) is 4.98 Å². The van der Waals surface area contributed by atoms with Gasteiger partial charge in [0.2, 0.25) is 5.39 Å². The molecule has 0 aliphatic carbocycles. The maximum absolute atomic E-state index is 13.3. The van der Waals surface area contributed by atoms with E-state index in [1.54, 1.807) is 55.5 Å². The first-order valence-corrected chi connectivity index (χ1v) is 11.6. The topological polar surface area (TPSA) is 135 Å². The van der Waals surface area contributed by atoms with Gasteiger partial charge in [-0.2, -0.15) is 8.42 Å². The van der Waals surface area contributed by atoms with E-state index >= 15 is 0 Å². The molecule has 0 unspecified atom stereocenters. The number of hydrogen-bond donors (Lipinski definition) is 2. The molecule has 4 rings (SSSR count). The van der Waals surface area contributed by atoms with Crippen molar-refractivity contribution >= 4 is 26.6 Å². The van der Waals surface area contributed by atoms with Gasteiger partial charge in [0, 0.05) is 21.9 Å². The summed E-state index contributed by atoms with van der Waals surface area (Å²) < 4.78 is 32.1. The SMILES string of the molecule is CC(COS(=O)(=O)c1cc([N+]#N)c([O-])c2ccccc12)(c1ccccc1O)c1ccccc1O. The maximum atomic E-state index is 13.3. The maximum Gasteiger partial charge on any atom is 0.379 e. The zero-order valence-electron chi connectivity index (χ0n) is 18.0. The van der Waals surface area contributed by atoms with Crippen molar-refractivity contribution in [2.75, 3.05) is 6.61 Å². The summed E-state index contributed by atoms with van der Waals surface area (Å²) in [4.78, 5) is 2.58. The van der Waals surface area contributed by atoms with Gasteiger partial charge in [-0.15, -0.1) is 0 Å². The van der Waals surface area contributed by atoms with Gasteiger partial charge in [-0.3, -0.25) is 4.18 Å². The van der Waals surface area contributed by atoms with Gasteiger partial charge in [0.1, 0.15) is 16.4 Å². The molecule has 0 saturated carbocycles. The lowest BCUT2D eigenvalue weighted by molar-refractivity contribution is -0.264. The van der Waals surface area contributed by atoms with Crippen LogP contribution in [-0.2, 0) is 19.7 Å². The lowest BCUT2D eigenvalue weighted by atomic mass is 9.76. The second-order valence-electron chi connectivity index (χ2n) is 7.95. The van der Waals surface area contributed by atoms with E-state index in [1.165, 1.54) is 24.3 Å². The molecule has 4 aromatic carbocycles. The van der Waals surface area contributed by atoms with Crippen LogP contribution < -0.4 is 5.11 Å². The van der Waals surface area contributed by atoms with Gasteiger partial charge in [0.25, 0.3) is 10.1 Å². The molecule has 0 atom stereocenters. The van der Waals surface area contributed by atoms with Gasteiger partial charge in [-0.1, -0.05) is 60.7 Å². The summed E-state index contributed by atoms with van der Waals surface area (Å²) in [6.07, 6.45) is 0. The molecule has 0 saturated heterocycles. The number of benzene rings is 4. The van der Waals surface area contributed by atoms with E-state index in [4.69, 9.17) is 4.18 Å². The highest BCUT2D eigenvalue weighted by molar-refractivity contribution is 7.87. The zero-order chi connectivity index (χ0) is 24.5. The summed E-state index contributed by atoms with van der Waals surface area (Å²) in [5.74, 6) is -0.821. The third kappa shape index (κ3) is 3.90. The van der Waals surface area contributed by atoms with Crippen LogP contribution in [0.5, 0.6) is 17.2 Å². The van der Waals surface area contributed by atoms with Crippen molar-refractivity contribution in [3.63, 3.8) is 0 Å². The van der Waals surface area contributed by atoms with Gasteiger partial charge >= 0.3 is 5.69 Å². The van der Waals surface area contributed by atoms with Crippen molar-refractivity contribution in [1.82, 2.24) is 0 Å². The van der Waals surface area contributed by atoms with Crippen LogP contribution >= 0.6 is 0 Å². The Morgan fingerprint density at radius 2 is 1.41 bits per heavy atom. The average Bonchev–Trinajstić information content (AvgIpc) is 2.83. The van der Waals surface area contributed by atoms with Gasteiger partial charge in [0.05, 0.1) is 12.7 Å². The first kappa shape index (κ1) is 23.0. The smallest absolute Gasteiger partial charge is 0.379 e. The van der Waals surface area contributed by atoms with E-state index in [1.807, 2.05) is 0 Å². The predicted molar refractivity (Wildman–Crippen MR) is 124 cm³/mol. The van der Waals surface area contributed by atoms with Crippen molar-refractivity contribution in [2.45, 2.75) is 17.2 Å². The van der Waals surface area contributed by atoms with E-state index in [9.17, 15) is 29.1 Å². The lowest BCUT2D eigenvalue weighted by Crippen LogP contribution is -2.31. The molecular formula is C25H20N2O6S. The number of diazo groups is 1. The third-order valence-electron chi connectivity index (χ3n) is 5.81. The molecule has 34 heavy (non-hydrogen) atoms. The van der Waals surface area contributed by atoms with Crippen LogP contribution in [0.15, 0.2) is 83.8 Å². The zero-order valence-corrected chi connectivity index (χ0v) is 18.9. The van der Waals surface area contributed by atoms with Crippen LogP contribution in [0.3, 0.4) is 0 Å². The summed E-state index contributed by atoms with van der Waals surface area (Å²) in [6.45, 7) is 1.16. The van der Waals surface area contributed by atoms with E-state index in [0.717, 1.165) is 6.07 Å². The predicted octanol–water partition coefficient (Wildman–Crippen LogP) is 4.52. The Bertz CT molecular complexity index is 1500. The number of para-hydroxylation sites is 2. The first-order valence-electron chi connectivity index (χ1n) is 10.2. The molecule has 0 heterocycles. The molecular weight excluding hydrogens is 456 g/mol. The fourth-order valence-electron chi connectivity index (χ4n) is 4.02. The van der Waals surface area contributed by atoms with Gasteiger partial charge < -0.3 is 15.3 Å². The van der Waals surface area contributed by atoms with Crippen LogP contribution in [0.2, 0.25) is 0 Å². The summed E-state index contributed by atoms with van der Waals surface area (Å²) in [7, 11) is -4.48. The Labute approximate surface area is 196 Å². The molecule has 2 N–H and O–H groups in total. The standard InChI is InChI=1S/C25H20N2O6S/c1-25(18-10-4-6-12-21(18)28,19-11-5-7-13-22(19)29)15-33-34(31,32)23-14-20(27-26)24(30)17-9-3-2-8-16(17)23/h2-14H,15H2,1H3,(H2-,28,29,30). The van der Waals surface area contributed by atoms with Crippen LogP contribution in [0.1, 0.15) is 18.1 Å². The highest BCUT2D eigenvalue weighted by Crippen LogP contribution is 2.43. The molecule has 4 aromatic rings. The van der Waals surface area contributed by atoms with Crippen molar-refractivity contribution in [1.29, 1.82) is 5.39 Å². The van der Waals surface area contributed by atoms with Crippen LogP contribution in [0, 0.1) is 5.39 Å². The molecule has 0 bridgehead atoms. The quantitative estimate of drug-likeness (QED) is 0.308. The fraction of sp³-hybridized carbons (Fsp3) is 0.120. The Balaban J connectivity index is 1.83. The minimum atomic E-state index is -4.48. The monoisotopic (exact) mass is 476 g/mol. The summed E-state index contributed by atoms with van der Waals surface area (Å²) in [5.41, 5.74) is -1.03. The highest BCUT2D eigenvalue weighted by atomic mass is 32.2. The number of phenolic OH excluding ortho intramolecular Hbond substituents is 2. The number of fused-ring (bicyclic) bond motifs is 1. The molecule has 8 nitrogen and oxygen atoms in total. The molecule has 0 aliphatic heterocycles. The fourth-order valence-corrected chi connectivity index (χ4v) is 5.24. The normalized spacial score (nSPS) is 11.9. The molecule has 0 aromatic heterocycles. The highest BCUT2D eigenvalue weighted by Gasteiger charge is 2.37. The minimum Gasteiger partial charge on any atom is -0.867 e. The third-order valence-corrected chi connectivity index (χ3v) is 7.12. The average molecular weight is 477 g/mol. The Hall–Kier alpha value is -4.13. The molecule has 0 aliphatic rings. The number of aromatic hydroxyl groups is 2. The van der Waals surface area contributed by atoms with Gasteiger partial charge in [-0.05, 0) is 30.2 Å². The van der Waals surface area contributed by atoms with Crippen LogP contribution in [0.25, 0.3) is 15.7 Å². The summed E-state index contributed by atoms with van der Waals surface area (Å²) >= 11 is 0. The molecule has 0 fully saturated rings. The number of phenols is 2. The van der Waals surface area contributed by atoms with E-state index in [0.29, 0.717) is 11.1 Å². The van der Waals surface area contributed by atoms with Crippen LogP contribution in [0.4, 0.5) is 5.69 Å². The van der Waals surface area contributed by atoms with Crippen molar-refractivity contribution in [3.8, 4) is 17.2 Å². The molecule has 9 heteroatoms. The van der Waals surface area contributed by atoms with E-state index in [-0.39, 0.29) is 27.2 Å². The second kappa shape index (κ2) is 8.67. The largest absolute Gasteiger partial charge is 0.867 e. The van der Waals surface area contributed by atoms with Crippen LogP contribution in [-0.4, -0.2) is 25.2 Å². The van der Waals surface area contributed by atoms with Crippen molar-refractivity contribution in [3.05, 3.63) is 95.0 Å². The van der Waals surface area contributed by atoms with Gasteiger partial charge in [-0.25, -0.2) is 0 Å².